The molecule has 0 saturated heterocycles. The third-order valence-corrected chi connectivity index (χ3v) is 7.08. The fraction of sp³-hybridized carbons (Fsp3) is 0.250. The van der Waals surface area contributed by atoms with Gasteiger partial charge in [0.15, 0.2) is 5.16 Å². The summed E-state index contributed by atoms with van der Waals surface area (Å²) in [7, 11) is 0. The van der Waals surface area contributed by atoms with Crippen LogP contribution in [0.25, 0.3) is 11.3 Å². The van der Waals surface area contributed by atoms with Crippen LogP contribution in [0.3, 0.4) is 0 Å². The number of aromatic nitrogens is 4. The predicted octanol–water partition coefficient (Wildman–Crippen LogP) is 4.74. The van der Waals surface area contributed by atoms with E-state index < -0.39 is 0 Å². The Bertz CT molecular complexity index is 1190. The van der Waals surface area contributed by atoms with Gasteiger partial charge in [-0.05, 0) is 18.4 Å². The number of nitrogens with zero attached hydrogens (tertiary/aromatic N) is 4. The Labute approximate surface area is 195 Å². The second kappa shape index (κ2) is 9.67. The maximum Gasteiger partial charge on any atom is 0.230 e. The van der Waals surface area contributed by atoms with Gasteiger partial charge in [-0.2, -0.15) is 0 Å². The largest absolute Gasteiger partial charge is 0.349 e. The highest BCUT2D eigenvalue weighted by atomic mass is 32.2. The lowest BCUT2D eigenvalue weighted by Gasteiger charge is -2.10. The van der Waals surface area contributed by atoms with Crippen molar-refractivity contribution < 1.29 is 4.79 Å². The Kier molecular flexibility index (Phi) is 6.31. The first-order chi connectivity index (χ1) is 15.8. The van der Waals surface area contributed by atoms with Gasteiger partial charge in [-0.1, -0.05) is 72.4 Å². The maximum absolute atomic E-state index is 12.5. The first-order valence-electron chi connectivity index (χ1n) is 10.6. The van der Waals surface area contributed by atoms with Gasteiger partial charge < -0.3 is 9.88 Å². The molecule has 1 amide bonds. The van der Waals surface area contributed by atoms with Crippen LogP contribution in [0.2, 0.25) is 0 Å². The van der Waals surface area contributed by atoms with Gasteiger partial charge in [0.1, 0.15) is 10.8 Å². The number of carbonyl (C=O) groups is 1. The van der Waals surface area contributed by atoms with Crippen LogP contribution in [0.15, 0.2) is 71.2 Å². The van der Waals surface area contributed by atoms with Gasteiger partial charge in [-0.3, -0.25) is 4.79 Å². The summed E-state index contributed by atoms with van der Waals surface area (Å²) in [6.45, 7) is 1.16. The number of thiazole rings is 1. The van der Waals surface area contributed by atoms with Gasteiger partial charge in [-0.15, -0.1) is 21.5 Å². The van der Waals surface area contributed by atoms with E-state index in [1.165, 1.54) is 17.3 Å². The Morgan fingerprint density at radius 1 is 1.06 bits per heavy atom. The number of rotatable bonds is 9. The maximum atomic E-state index is 12.5. The van der Waals surface area contributed by atoms with Crippen molar-refractivity contribution in [1.29, 1.82) is 0 Å². The van der Waals surface area contributed by atoms with Crippen LogP contribution in [0.1, 0.15) is 35.2 Å². The van der Waals surface area contributed by atoms with Crippen molar-refractivity contribution in [2.45, 2.75) is 37.0 Å². The number of nitrogens with one attached hydrogen (secondary N) is 1. The minimum Gasteiger partial charge on any atom is -0.349 e. The number of carbonyl (C=O) groups excluding carboxylic acids is 1. The molecule has 0 aliphatic heterocycles. The molecule has 1 saturated carbocycles. The van der Waals surface area contributed by atoms with E-state index in [0.717, 1.165) is 46.6 Å². The lowest BCUT2D eigenvalue weighted by atomic mass is 10.2. The van der Waals surface area contributed by atoms with Gasteiger partial charge in [0.25, 0.3) is 0 Å². The van der Waals surface area contributed by atoms with Crippen molar-refractivity contribution in [1.82, 2.24) is 25.1 Å². The molecule has 1 aliphatic rings. The zero-order valence-corrected chi connectivity index (χ0v) is 19.1. The SMILES string of the molecule is O=C(CSc1nnc(C2CC2)n1Cc1ccccc1)NCc1nc(-c2ccccc2)cs1. The molecule has 0 unspecified atom stereocenters. The lowest BCUT2D eigenvalue weighted by Crippen LogP contribution is -2.24. The van der Waals surface area contributed by atoms with Crippen molar-refractivity contribution in [2.24, 2.45) is 0 Å². The van der Waals surface area contributed by atoms with E-state index >= 15 is 0 Å². The third-order valence-electron chi connectivity index (χ3n) is 5.26. The second-order valence-corrected chi connectivity index (χ2v) is 9.63. The molecule has 0 bridgehead atoms. The van der Waals surface area contributed by atoms with E-state index in [4.69, 9.17) is 0 Å². The summed E-state index contributed by atoms with van der Waals surface area (Å²) in [6, 6.07) is 20.4. The van der Waals surface area contributed by atoms with Crippen molar-refractivity contribution in [2.75, 3.05) is 5.75 Å². The molecule has 2 aromatic carbocycles. The monoisotopic (exact) mass is 461 g/mol. The molecular weight excluding hydrogens is 438 g/mol. The fourth-order valence-electron chi connectivity index (χ4n) is 3.45. The van der Waals surface area contributed by atoms with E-state index in [9.17, 15) is 4.79 Å². The van der Waals surface area contributed by atoms with E-state index in [-0.39, 0.29) is 5.91 Å². The summed E-state index contributed by atoms with van der Waals surface area (Å²) >= 11 is 3.00. The number of benzene rings is 2. The van der Waals surface area contributed by atoms with Gasteiger partial charge in [0.2, 0.25) is 5.91 Å². The van der Waals surface area contributed by atoms with Crippen LogP contribution >= 0.6 is 23.1 Å². The average molecular weight is 462 g/mol. The molecule has 1 N–H and O–H groups in total. The summed E-state index contributed by atoms with van der Waals surface area (Å²) in [4.78, 5) is 17.1. The number of amides is 1. The molecule has 32 heavy (non-hydrogen) atoms. The van der Waals surface area contributed by atoms with Crippen LogP contribution in [0.5, 0.6) is 0 Å². The summed E-state index contributed by atoms with van der Waals surface area (Å²) < 4.78 is 2.16. The summed E-state index contributed by atoms with van der Waals surface area (Å²) in [5.74, 6) is 1.80. The highest BCUT2D eigenvalue weighted by Gasteiger charge is 2.30. The Morgan fingerprint density at radius 3 is 2.56 bits per heavy atom. The van der Waals surface area contributed by atoms with Crippen LogP contribution in [-0.2, 0) is 17.9 Å². The van der Waals surface area contributed by atoms with Crippen molar-refractivity contribution in [3.63, 3.8) is 0 Å². The van der Waals surface area contributed by atoms with E-state index in [1.54, 1.807) is 11.3 Å². The standard InChI is InChI=1S/C24H23N5OS2/c30-21(25-13-22-26-20(15-31-22)18-9-5-2-6-10-18)16-32-24-28-27-23(19-11-12-19)29(24)14-17-7-3-1-4-8-17/h1-10,15,19H,11-14,16H2,(H,25,30). The summed E-state index contributed by atoms with van der Waals surface area (Å²) in [6.07, 6.45) is 2.33. The molecule has 0 atom stereocenters. The molecule has 2 heterocycles. The highest BCUT2D eigenvalue weighted by Crippen LogP contribution is 2.40. The minimum absolute atomic E-state index is 0.0336. The second-order valence-electron chi connectivity index (χ2n) is 7.74. The van der Waals surface area contributed by atoms with Crippen LogP contribution < -0.4 is 5.32 Å². The highest BCUT2D eigenvalue weighted by molar-refractivity contribution is 7.99. The zero-order chi connectivity index (χ0) is 21.8. The van der Waals surface area contributed by atoms with Gasteiger partial charge in [0, 0.05) is 16.9 Å². The van der Waals surface area contributed by atoms with E-state index in [2.05, 4.69) is 37.2 Å². The molecule has 0 spiro atoms. The quantitative estimate of drug-likeness (QED) is 0.365. The van der Waals surface area contributed by atoms with Crippen molar-refractivity contribution in [3.8, 4) is 11.3 Å². The van der Waals surface area contributed by atoms with Crippen molar-refractivity contribution in [3.05, 3.63) is 82.4 Å². The van der Waals surface area contributed by atoms with E-state index in [0.29, 0.717) is 18.2 Å². The minimum atomic E-state index is -0.0336. The smallest absolute Gasteiger partial charge is 0.230 e. The molecule has 8 heteroatoms. The number of hydrogen-bond acceptors (Lipinski definition) is 6. The molecule has 0 radical (unpaired) electrons. The predicted molar refractivity (Wildman–Crippen MR) is 128 cm³/mol. The van der Waals surface area contributed by atoms with Crippen LogP contribution in [0, 0.1) is 0 Å². The molecule has 1 fully saturated rings. The van der Waals surface area contributed by atoms with Crippen LogP contribution in [-0.4, -0.2) is 31.4 Å². The zero-order valence-electron chi connectivity index (χ0n) is 17.5. The summed E-state index contributed by atoms with van der Waals surface area (Å²) in [5, 5.41) is 15.5. The molecule has 5 rings (SSSR count). The Hall–Kier alpha value is -2.97. The lowest BCUT2D eigenvalue weighted by molar-refractivity contribution is -0.118. The van der Waals surface area contributed by atoms with Crippen molar-refractivity contribution >= 4 is 29.0 Å². The topological polar surface area (TPSA) is 72.7 Å². The number of hydrogen-bond donors (Lipinski definition) is 1. The first kappa shape index (κ1) is 20.9. The molecule has 162 valence electrons. The fourth-order valence-corrected chi connectivity index (χ4v) is 4.97. The molecular formula is C24H23N5OS2. The molecule has 6 nitrogen and oxygen atoms in total. The van der Waals surface area contributed by atoms with Gasteiger partial charge in [-0.25, -0.2) is 4.98 Å². The average Bonchev–Trinajstić information content (AvgIpc) is 3.43. The van der Waals surface area contributed by atoms with Gasteiger partial charge >= 0.3 is 0 Å². The van der Waals surface area contributed by atoms with E-state index in [1.807, 2.05) is 53.9 Å². The first-order valence-corrected chi connectivity index (χ1v) is 12.5. The molecule has 4 aromatic rings. The molecule has 1 aliphatic carbocycles. The summed E-state index contributed by atoms with van der Waals surface area (Å²) in [5.41, 5.74) is 3.23. The number of thioether (sulfide) groups is 1. The normalized spacial score (nSPS) is 13.2. The third kappa shape index (κ3) is 5.08. The van der Waals surface area contributed by atoms with Crippen LogP contribution in [0.4, 0.5) is 0 Å². The molecule has 2 aromatic heterocycles. The Balaban J connectivity index is 1.18. The Morgan fingerprint density at radius 2 is 1.81 bits per heavy atom. The van der Waals surface area contributed by atoms with Gasteiger partial charge in [0.05, 0.1) is 24.5 Å².